The number of anilines is 1. The minimum Gasteiger partial charge on any atom is -0.330 e. The minimum absolute atomic E-state index is 0.0550. The third-order valence-electron chi connectivity index (χ3n) is 2.54. The first kappa shape index (κ1) is 11.5. The number of allylic oxidation sites excluding steroid dienone is 1. The maximum absolute atomic E-state index is 10.9. The van der Waals surface area contributed by atoms with Gasteiger partial charge in [0, 0.05) is 11.3 Å². The van der Waals surface area contributed by atoms with Crippen molar-refractivity contribution < 1.29 is 4.92 Å². The fourth-order valence-electron chi connectivity index (χ4n) is 1.79. The van der Waals surface area contributed by atoms with Crippen LogP contribution in [-0.2, 0) is 0 Å². The summed E-state index contributed by atoms with van der Waals surface area (Å²) >= 11 is 6.09. The molecule has 0 N–H and O–H groups in total. The number of hydrogen-bond acceptors (Lipinski definition) is 3. The van der Waals surface area contributed by atoms with E-state index in [0.717, 1.165) is 5.69 Å². The lowest BCUT2D eigenvalue weighted by molar-refractivity contribution is -0.428. The third-order valence-corrected chi connectivity index (χ3v) is 3.00. The third kappa shape index (κ3) is 1.97. The Labute approximate surface area is 104 Å². The van der Waals surface area contributed by atoms with Gasteiger partial charge in [0.25, 0.3) is 5.70 Å². The standard InChI is InChI=1S/C12H9ClN2O2/c1-2-7-14-8-11(15(16)17)12(13)9-5-3-4-6-10(9)14/h1,3-6,8,12H,7H2. The predicted octanol–water partition coefficient (Wildman–Crippen LogP) is 2.54. The molecule has 0 amide bonds. The van der Waals surface area contributed by atoms with Crippen LogP contribution in [0.15, 0.2) is 36.2 Å². The molecule has 0 spiro atoms. The lowest BCUT2D eigenvalue weighted by Crippen LogP contribution is -2.25. The Kier molecular flexibility index (Phi) is 3.03. The molecule has 1 aliphatic heterocycles. The van der Waals surface area contributed by atoms with Crippen molar-refractivity contribution in [2.75, 3.05) is 11.4 Å². The van der Waals surface area contributed by atoms with Gasteiger partial charge in [-0.05, 0) is 6.07 Å². The van der Waals surface area contributed by atoms with Crippen molar-refractivity contribution in [3.8, 4) is 12.3 Å². The van der Waals surface area contributed by atoms with E-state index in [1.807, 2.05) is 12.1 Å². The van der Waals surface area contributed by atoms with Crippen LogP contribution in [0.5, 0.6) is 0 Å². The molecule has 2 rings (SSSR count). The first-order valence-corrected chi connectivity index (χ1v) is 5.38. The number of halogens is 1. The zero-order valence-corrected chi connectivity index (χ0v) is 9.59. The van der Waals surface area contributed by atoms with Crippen LogP contribution in [0.2, 0.25) is 0 Å². The predicted molar refractivity (Wildman–Crippen MR) is 66.3 cm³/mol. The van der Waals surface area contributed by atoms with E-state index < -0.39 is 10.3 Å². The van der Waals surface area contributed by atoms with Crippen molar-refractivity contribution in [2.45, 2.75) is 5.38 Å². The summed E-state index contributed by atoms with van der Waals surface area (Å²) in [5.74, 6) is 2.47. The van der Waals surface area contributed by atoms with Gasteiger partial charge < -0.3 is 4.90 Å². The summed E-state index contributed by atoms with van der Waals surface area (Å²) in [6, 6.07) is 7.25. The van der Waals surface area contributed by atoms with Gasteiger partial charge in [-0.25, -0.2) is 0 Å². The smallest absolute Gasteiger partial charge is 0.284 e. The molecule has 1 aromatic carbocycles. The fraction of sp³-hybridized carbons (Fsp3) is 0.167. The molecule has 0 radical (unpaired) electrons. The lowest BCUT2D eigenvalue weighted by atomic mass is 10.0. The van der Waals surface area contributed by atoms with Crippen LogP contribution in [0, 0.1) is 22.5 Å². The molecular weight excluding hydrogens is 240 g/mol. The molecule has 0 saturated carbocycles. The van der Waals surface area contributed by atoms with Crippen molar-refractivity contribution in [1.29, 1.82) is 0 Å². The van der Waals surface area contributed by atoms with Crippen LogP contribution in [-0.4, -0.2) is 11.5 Å². The van der Waals surface area contributed by atoms with Gasteiger partial charge in [-0.2, -0.15) is 0 Å². The number of rotatable bonds is 2. The number of nitrogens with zero attached hydrogens (tertiary/aromatic N) is 2. The second kappa shape index (κ2) is 4.48. The highest BCUT2D eigenvalue weighted by Gasteiger charge is 2.32. The largest absolute Gasteiger partial charge is 0.330 e. The van der Waals surface area contributed by atoms with E-state index in [-0.39, 0.29) is 12.2 Å². The average molecular weight is 249 g/mol. The van der Waals surface area contributed by atoms with Gasteiger partial charge in [0.05, 0.1) is 17.7 Å². The topological polar surface area (TPSA) is 46.4 Å². The zero-order chi connectivity index (χ0) is 12.4. The summed E-state index contributed by atoms with van der Waals surface area (Å²) in [4.78, 5) is 12.1. The summed E-state index contributed by atoms with van der Waals surface area (Å²) in [5.41, 5.74) is 1.47. The molecular formula is C12H9ClN2O2. The van der Waals surface area contributed by atoms with Crippen molar-refractivity contribution in [3.05, 3.63) is 51.8 Å². The summed E-state index contributed by atoms with van der Waals surface area (Å²) in [6.45, 7) is 0.276. The van der Waals surface area contributed by atoms with Crippen LogP contribution < -0.4 is 4.90 Å². The van der Waals surface area contributed by atoms with Crippen molar-refractivity contribution in [3.63, 3.8) is 0 Å². The lowest BCUT2D eigenvalue weighted by Gasteiger charge is -2.26. The zero-order valence-electron chi connectivity index (χ0n) is 8.84. The Morgan fingerprint density at radius 1 is 1.53 bits per heavy atom. The molecule has 1 atom stereocenters. The maximum atomic E-state index is 10.9. The van der Waals surface area contributed by atoms with Gasteiger partial charge in [0.1, 0.15) is 0 Å². The highest BCUT2D eigenvalue weighted by atomic mass is 35.5. The number of para-hydroxylation sites is 1. The molecule has 0 aromatic heterocycles. The van der Waals surface area contributed by atoms with E-state index in [2.05, 4.69) is 5.92 Å². The van der Waals surface area contributed by atoms with Crippen LogP contribution in [0.1, 0.15) is 10.9 Å². The molecule has 5 heteroatoms. The van der Waals surface area contributed by atoms with Crippen molar-refractivity contribution >= 4 is 17.3 Å². The Balaban J connectivity index is 2.53. The summed E-state index contributed by atoms with van der Waals surface area (Å²) < 4.78 is 0. The summed E-state index contributed by atoms with van der Waals surface area (Å²) in [7, 11) is 0. The van der Waals surface area contributed by atoms with Crippen LogP contribution >= 0.6 is 11.6 Å². The molecule has 1 aliphatic rings. The van der Waals surface area contributed by atoms with E-state index in [9.17, 15) is 10.1 Å². The van der Waals surface area contributed by atoms with E-state index in [4.69, 9.17) is 18.0 Å². The van der Waals surface area contributed by atoms with Gasteiger partial charge in [0.15, 0.2) is 5.38 Å². The second-order valence-electron chi connectivity index (χ2n) is 3.56. The molecule has 0 bridgehead atoms. The molecule has 1 unspecified atom stereocenters. The van der Waals surface area contributed by atoms with Crippen molar-refractivity contribution in [2.24, 2.45) is 0 Å². The Hall–Kier alpha value is -1.99. The molecule has 0 fully saturated rings. The number of benzene rings is 1. The monoisotopic (exact) mass is 248 g/mol. The van der Waals surface area contributed by atoms with E-state index >= 15 is 0 Å². The quantitative estimate of drug-likeness (QED) is 0.350. The number of terminal acetylenes is 1. The van der Waals surface area contributed by atoms with E-state index in [1.165, 1.54) is 6.20 Å². The van der Waals surface area contributed by atoms with E-state index in [0.29, 0.717) is 5.56 Å². The van der Waals surface area contributed by atoms with Crippen LogP contribution in [0.4, 0.5) is 5.69 Å². The minimum atomic E-state index is -0.741. The van der Waals surface area contributed by atoms with Crippen LogP contribution in [0.3, 0.4) is 0 Å². The van der Waals surface area contributed by atoms with Gasteiger partial charge in [0.2, 0.25) is 0 Å². The molecule has 4 nitrogen and oxygen atoms in total. The normalized spacial score (nSPS) is 18.0. The number of hydrogen-bond donors (Lipinski definition) is 0. The molecule has 0 saturated heterocycles. The number of nitro groups is 1. The Morgan fingerprint density at radius 2 is 2.24 bits per heavy atom. The highest BCUT2D eigenvalue weighted by Crippen LogP contribution is 2.39. The second-order valence-corrected chi connectivity index (χ2v) is 4.00. The van der Waals surface area contributed by atoms with Crippen molar-refractivity contribution in [1.82, 2.24) is 0 Å². The first-order valence-electron chi connectivity index (χ1n) is 4.94. The van der Waals surface area contributed by atoms with Gasteiger partial charge in [-0.3, -0.25) is 10.1 Å². The molecule has 1 heterocycles. The van der Waals surface area contributed by atoms with Crippen LogP contribution in [0.25, 0.3) is 0 Å². The Bertz CT molecular complexity index is 534. The highest BCUT2D eigenvalue weighted by molar-refractivity contribution is 6.23. The molecule has 1 aromatic rings. The Morgan fingerprint density at radius 3 is 2.88 bits per heavy atom. The first-order chi connectivity index (χ1) is 8.15. The van der Waals surface area contributed by atoms with Gasteiger partial charge in [-0.1, -0.05) is 24.1 Å². The van der Waals surface area contributed by atoms with Gasteiger partial charge >= 0.3 is 0 Å². The van der Waals surface area contributed by atoms with Gasteiger partial charge in [-0.15, -0.1) is 18.0 Å². The van der Waals surface area contributed by atoms with E-state index in [1.54, 1.807) is 17.0 Å². The summed E-state index contributed by atoms with van der Waals surface area (Å²) in [5, 5.41) is 10.2. The SMILES string of the molecule is C#CCN1C=C([N+](=O)[O-])C(Cl)c2ccccc21. The maximum Gasteiger partial charge on any atom is 0.284 e. The number of alkyl halides is 1. The molecule has 0 aliphatic carbocycles. The average Bonchev–Trinajstić information content (AvgIpc) is 2.33. The fourth-order valence-corrected chi connectivity index (χ4v) is 2.11. The molecule has 86 valence electrons. The molecule has 17 heavy (non-hydrogen) atoms. The number of fused-ring (bicyclic) bond motifs is 1. The summed E-state index contributed by atoms with van der Waals surface area (Å²) in [6.07, 6.45) is 6.65.